The number of carbonyl (C=O) groups excluding carboxylic acids is 4. The van der Waals surface area contributed by atoms with Gasteiger partial charge in [0.15, 0.2) is 5.78 Å². The third-order valence-electron chi connectivity index (χ3n) is 10.8. The highest BCUT2D eigenvalue weighted by atomic mass is 16.6. The summed E-state index contributed by atoms with van der Waals surface area (Å²) < 4.78 is 17.1. The second-order valence-electron chi connectivity index (χ2n) is 12.0. The van der Waals surface area contributed by atoms with E-state index >= 15 is 0 Å². The van der Waals surface area contributed by atoms with Crippen LogP contribution >= 0.6 is 0 Å². The molecule has 0 aromatic heterocycles. The molecule has 6 rings (SSSR count). The molecule has 4 aliphatic carbocycles. The summed E-state index contributed by atoms with van der Waals surface area (Å²) in [5, 5.41) is 13.0. The van der Waals surface area contributed by atoms with Gasteiger partial charge < -0.3 is 19.3 Å². The van der Waals surface area contributed by atoms with Crippen molar-refractivity contribution in [2.45, 2.75) is 64.7 Å². The van der Waals surface area contributed by atoms with E-state index in [9.17, 15) is 24.3 Å². The second-order valence-corrected chi connectivity index (χ2v) is 12.0. The van der Waals surface area contributed by atoms with Crippen LogP contribution in [0.25, 0.3) is 0 Å². The number of ether oxygens (including phenoxy) is 3. The Labute approximate surface area is 210 Å². The van der Waals surface area contributed by atoms with Crippen LogP contribution in [-0.2, 0) is 33.4 Å². The van der Waals surface area contributed by atoms with Crippen molar-refractivity contribution in [1.29, 1.82) is 0 Å². The molecule has 4 bridgehead atoms. The zero-order valence-electron chi connectivity index (χ0n) is 21.4. The summed E-state index contributed by atoms with van der Waals surface area (Å²) in [6.45, 7) is 6.05. The minimum absolute atomic E-state index is 0.0271. The van der Waals surface area contributed by atoms with Crippen LogP contribution in [0.1, 0.15) is 52.9 Å². The average Bonchev–Trinajstić information content (AvgIpc) is 3.38. The molecule has 2 saturated heterocycles. The summed E-state index contributed by atoms with van der Waals surface area (Å²) in [5.74, 6) is -2.43. The van der Waals surface area contributed by atoms with E-state index in [1.807, 2.05) is 0 Å². The number of esters is 3. The van der Waals surface area contributed by atoms with E-state index in [1.165, 1.54) is 21.0 Å². The number of aliphatic hydroxyl groups is 1. The standard InChI is InChI=1S/C27H35NO8/c1-13-10-28-11-16-5-6-17-21(31)7-18-19(24(32)34-4)9-26(23(17)18)25(16,12-35-14(2)29)22(36-15(3)30)8-20(13)27(26,28)33/h13,16,18-20,22,33H,5-12H2,1-4H3/t13-,16-,18-,19-,20-,22-,25-,26-,27-/m0/s1. The van der Waals surface area contributed by atoms with Gasteiger partial charge in [-0.25, -0.2) is 0 Å². The lowest BCUT2D eigenvalue weighted by molar-refractivity contribution is -0.334. The van der Waals surface area contributed by atoms with Gasteiger partial charge in [-0.05, 0) is 48.7 Å². The summed E-state index contributed by atoms with van der Waals surface area (Å²) in [4.78, 5) is 53.4. The molecule has 1 spiro atoms. The van der Waals surface area contributed by atoms with Gasteiger partial charge in [0.05, 0.1) is 18.4 Å². The van der Waals surface area contributed by atoms with Crippen LogP contribution in [-0.4, -0.2) is 72.3 Å². The van der Waals surface area contributed by atoms with Crippen molar-refractivity contribution in [1.82, 2.24) is 4.90 Å². The van der Waals surface area contributed by atoms with Crippen LogP contribution in [0, 0.1) is 40.4 Å². The first kappa shape index (κ1) is 24.1. The molecule has 0 unspecified atom stereocenters. The number of piperidine rings is 1. The highest BCUT2D eigenvalue weighted by molar-refractivity contribution is 6.01. The molecule has 1 N–H and O–H groups in total. The summed E-state index contributed by atoms with van der Waals surface area (Å²) >= 11 is 0. The first-order valence-electron chi connectivity index (χ1n) is 13.2. The molecule has 0 radical (unpaired) electrons. The summed E-state index contributed by atoms with van der Waals surface area (Å²) in [7, 11) is 1.35. The van der Waals surface area contributed by atoms with Crippen LogP contribution in [0.5, 0.6) is 0 Å². The molecule has 196 valence electrons. The molecule has 36 heavy (non-hydrogen) atoms. The van der Waals surface area contributed by atoms with Crippen molar-refractivity contribution in [2.24, 2.45) is 40.4 Å². The van der Waals surface area contributed by atoms with Crippen molar-refractivity contribution >= 4 is 23.7 Å². The molecule has 0 amide bonds. The third-order valence-corrected chi connectivity index (χ3v) is 10.8. The monoisotopic (exact) mass is 501 g/mol. The SMILES string of the molecule is COC(=O)[C@H]1C[C@]23C4=C(CC[C@H]5CN6C[C@H](C)[C@H](C[C@H](OC(C)=O)[C@]52COC(C)=O)[C@@]63O)C(=O)C[C@H]41. The van der Waals surface area contributed by atoms with Crippen molar-refractivity contribution in [3.63, 3.8) is 0 Å². The summed E-state index contributed by atoms with van der Waals surface area (Å²) in [6, 6.07) is 0. The fourth-order valence-electron chi connectivity index (χ4n) is 9.88. The average molecular weight is 502 g/mol. The Hall–Kier alpha value is -2.26. The minimum atomic E-state index is -1.35. The zero-order valence-corrected chi connectivity index (χ0v) is 21.4. The normalized spacial score (nSPS) is 46.3. The van der Waals surface area contributed by atoms with E-state index < -0.39 is 46.5 Å². The molecular formula is C27H35NO8. The van der Waals surface area contributed by atoms with E-state index in [-0.39, 0.29) is 48.9 Å². The van der Waals surface area contributed by atoms with Gasteiger partial charge >= 0.3 is 17.9 Å². The van der Waals surface area contributed by atoms with E-state index in [2.05, 4.69) is 11.8 Å². The first-order chi connectivity index (χ1) is 17.0. The Kier molecular flexibility index (Phi) is 5.11. The van der Waals surface area contributed by atoms with E-state index in [0.29, 0.717) is 32.4 Å². The molecule has 6 aliphatic rings. The lowest BCUT2D eigenvalue weighted by Gasteiger charge is -2.70. The Morgan fingerprint density at radius 2 is 1.92 bits per heavy atom. The lowest BCUT2D eigenvalue weighted by Crippen LogP contribution is -2.79. The molecule has 2 heterocycles. The van der Waals surface area contributed by atoms with Gasteiger partial charge in [-0.3, -0.25) is 24.1 Å². The molecule has 0 aromatic rings. The number of hydrogen-bond donors (Lipinski definition) is 1. The maximum Gasteiger partial charge on any atom is 0.309 e. The zero-order chi connectivity index (χ0) is 25.8. The summed E-state index contributed by atoms with van der Waals surface area (Å²) in [6.07, 6.45) is 1.53. The predicted octanol–water partition coefficient (Wildman–Crippen LogP) is 1.62. The van der Waals surface area contributed by atoms with Gasteiger partial charge in [-0.1, -0.05) is 6.92 Å². The Balaban J connectivity index is 1.69. The van der Waals surface area contributed by atoms with E-state index in [1.54, 1.807) is 0 Å². The van der Waals surface area contributed by atoms with Gasteiger partial charge in [0, 0.05) is 50.6 Å². The molecule has 0 aromatic carbocycles. The predicted molar refractivity (Wildman–Crippen MR) is 124 cm³/mol. The highest BCUT2D eigenvalue weighted by Gasteiger charge is 2.85. The van der Waals surface area contributed by atoms with Gasteiger partial charge in [0.25, 0.3) is 0 Å². The molecule has 9 nitrogen and oxygen atoms in total. The maximum absolute atomic E-state index is 13.4. The smallest absolute Gasteiger partial charge is 0.309 e. The lowest BCUT2D eigenvalue weighted by atomic mass is 9.41. The second kappa shape index (κ2) is 7.63. The van der Waals surface area contributed by atoms with Crippen LogP contribution in [0.15, 0.2) is 11.1 Å². The number of hydrogen-bond acceptors (Lipinski definition) is 9. The van der Waals surface area contributed by atoms with E-state index in [4.69, 9.17) is 14.2 Å². The van der Waals surface area contributed by atoms with Gasteiger partial charge in [-0.2, -0.15) is 0 Å². The van der Waals surface area contributed by atoms with Crippen molar-refractivity contribution in [3.8, 4) is 0 Å². The van der Waals surface area contributed by atoms with E-state index in [0.717, 1.165) is 11.1 Å². The number of rotatable bonds is 4. The Morgan fingerprint density at radius 1 is 1.17 bits per heavy atom. The van der Waals surface area contributed by atoms with Crippen molar-refractivity contribution in [2.75, 3.05) is 26.8 Å². The fraction of sp³-hybridized carbons (Fsp3) is 0.778. The number of ketones is 1. The van der Waals surface area contributed by atoms with Gasteiger partial charge in [0.2, 0.25) is 0 Å². The van der Waals surface area contributed by atoms with Crippen molar-refractivity contribution < 1.29 is 38.5 Å². The van der Waals surface area contributed by atoms with Crippen LogP contribution in [0.2, 0.25) is 0 Å². The Bertz CT molecular complexity index is 1100. The van der Waals surface area contributed by atoms with Gasteiger partial charge in [0.1, 0.15) is 18.4 Å². The molecule has 2 saturated carbocycles. The molecular weight excluding hydrogens is 466 g/mol. The maximum atomic E-state index is 13.4. The number of carbonyl (C=O) groups is 4. The molecule has 2 aliphatic heterocycles. The third kappa shape index (κ3) is 2.58. The van der Waals surface area contributed by atoms with Crippen LogP contribution < -0.4 is 0 Å². The number of methoxy groups -OCH3 is 1. The first-order valence-corrected chi connectivity index (χ1v) is 13.2. The van der Waals surface area contributed by atoms with Crippen LogP contribution in [0.3, 0.4) is 0 Å². The number of Topliss-reactive ketones (excluding diaryl/α,β-unsaturated/α-hetero) is 1. The van der Waals surface area contributed by atoms with Crippen molar-refractivity contribution in [3.05, 3.63) is 11.1 Å². The van der Waals surface area contributed by atoms with Crippen LogP contribution in [0.4, 0.5) is 0 Å². The molecule has 9 atom stereocenters. The topological polar surface area (TPSA) is 119 Å². The fourth-order valence-corrected chi connectivity index (χ4v) is 9.88. The quantitative estimate of drug-likeness (QED) is 0.453. The van der Waals surface area contributed by atoms with Gasteiger partial charge in [-0.15, -0.1) is 0 Å². The number of nitrogens with zero attached hydrogens (tertiary/aromatic N) is 1. The molecule has 9 heteroatoms. The highest BCUT2D eigenvalue weighted by Crippen LogP contribution is 2.79. The minimum Gasteiger partial charge on any atom is -0.469 e. The summed E-state index contributed by atoms with van der Waals surface area (Å²) in [5.41, 5.74) is -1.82. The number of allylic oxidation sites excluding steroid dienone is 1. The molecule has 4 fully saturated rings. The largest absolute Gasteiger partial charge is 0.469 e. The Morgan fingerprint density at radius 3 is 2.58 bits per heavy atom.